The lowest BCUT2D eigenvalue weighted by Crippen LogP contribution is -2.39. The summed E-state index contributed by atoms with van der Waals surface area (Å²) >= 11 is 3.41. The number of methoxy groups -OCH3 is 1. The van der Waals surface area contributed by atoms with E-state index in [2.05, 4.69) is 31.6 Å². The van der Waals surface area contributed by atoms with E-state index in [4.69, 9.17) is 9.47 Å². The molecule has 0 fully saturated rings. The molecule has 0 heterocycles. The van der Waals surface area contributed by atoms with Gasteiger partial charge in [0.05, 0.1) is 19.7 Å². The first kappa shape index (κ1) is 20.5. The second-order valence-corrected chi connectivity index (χ2v) is 4.90. The molecule has 120 valence electrons. The fourth-order valence-corrected chi connectivity index (χ4v) is 1.86. The highest BCUT2D eigenvalue weighted by Crippen LogP contribution is 2.17. The number of ether oxygens (including phenoxy) is 2. The van der Waals surface area contributed by atoms with Crippen molar-refractivity contribution < 1.29 is 9.47 Å². The molecule has 0 aliphatic heterocycles. The summed E-state index contributed by atoms with van der Waals surface area (Å²) in [6, 6.07) is 7.79. The van der Waals surface area contributed by atoms with Crippen LogP contribution < -0.4 is 15.4 Å². The number of benzene rings is 1. The monoisotopic (exact) mass is 471 g/mol. The Hall–Kier alpha value is -0.540. The normalized spacial score (nSPS) is 10.7. The molecule has 0 saturated carbocycles. The maximum Gasteiger partial charge on any atom is 0.191 e. The van der Waals surface area contributed by atoms with E-state index in [1.165, 1.54) is 0 Å². The molecule has 0 unspecified atom stereocenters. The summed E-state index contributed by atoms with van der Waals surface area (Å²) in [5.74, 6) is 1.63. The molecule has 0 atom stereocenters. The van der Waals surface area contributed by atoms with Gasteiger partial charge in [0.15, 0.2) is 5.96 Å². The molecule has 0 aromatic heterocycles. The summed E-state index contributed by atoms with van der Waals surface area (Å²) in [5, 5.41) is 6.38. The van der Waals surface area contributed by atoms with E-state index in [0.717, 1.165) is 22.7 Å². The molecule has 5 nitrogen and oxygen atoms in total. The van der Waals surface area contributed by atoms with Crippen molar-refractivity contribution in [1.29, 1.82) is 0 Å². The molecule has 1 aromatic carbocycles. The Kier molecular flexibility index (Phi) is 12.8. The van der Waals surface area contributed by atoms with Crippen molar-refractivity contribution >= 4 is 45.9 Å². The maximum absolute atomic E-state index is 5.64. The molecule has 0 aliphatic rings. The highest BCUT2D eigenvalue weighted by molar-refractivity contribution is 14.0. The summed E-state index contributed by atoms with van der Waals surface area (Å²) in [7, 11) is 1.67. The molecule has 7 heteroatoms. The average Bonchev–Trinajstić information content (AvgIpc) is 2.44. The summed E-state index contributed by atoms with van der Waals surface area (Å²) in [6.07, 6.45) is 0. The van der Waals surface area contributed by atoms with Crippen LogP contribution in [0.2, 0.25) is 0 Å². The minimum Gasteiger partial charge on any atom is -0.492 e. The van der Waals surface area contributed by atoms with Gasteiger partial charge in [0, 0.05) is 18.1 Å². The summed E-state index contributed by atoms with van der Waals surface area (Å²) in [6.45, 7) is 5.37. The van der Waals surface area contributed by atoms with Crippen LogP contribution in [0.4, 0.5) is 0 Å². The second-order valence-electron chi connectivity index (χ2n) is 3.99. The van der Waals surface area contributed by atoms with Gasteiger partial charge < -0.3 is 20.1 Å². The molecular weight excluding hydrogens is 449 g/mol. The van der Waals surface area contributed by atoms with E-state index >= 15 is 0 Å². The summed E-state index contributed by atoms with van der Waals surface area (Å²) in [4.78, 5) is 4.37. The van der Waals surface area contributed by atoms with Crippen molar-refractivity contribution in [3.05, 3.63) is 28.7 Å². The van der Waals surface area contributed by atoms with Gasteiger partial charge in [0.2, 0.25) is 0 Å². The van der Waals surface area contributed by atoms with Crippen LogP contribution >= 0.6 is 39.9 Å². The number of halogens is 2. The molecule has 0 amide bonds. The van der Waals surface area contributed by atoms with Crippen LogP contribution in [0.15, 0.2) is 33.7 Å². The molecule has 0 bridgehead atoms. The number of guanidine groups is 1. The second kappa shape index (κ2) is 13.1. The standard InChI is InChI=1S/C14H22BrN3O2.HI/c1-3-16-14(17-7-9-19-2)18-8-10-20-13-6-4-5-12(15)11-13;/h4-6,11H,3,7-10H2,1-2H3,(H2,16,17,18);1H. The minimum atomic E-state index is 0. The smallest absolute Gasteiger partial charge is 0.191 e. The van der Waals surface area contributed by atoms with Crippen molar-refractivity contribution in [3.63, 3.8) is 0 Å². The van der Waals surface area contributed by atoms with Crippen molar-refractivity contribution in [1.82, 2.24) is 10.6 Å². The number of hydrogen-bond donors (Lipinski definition) is 2. The Bertz CT molecular complexity index is 419. The van der Waals surface area contributed by atoms with Crippen LogP contribution in [-0.4, -0.2) is 45.9 Å². The van der Waals surface area contributed by atoms with Gasteiger partial charge in [-0.3, -0.25) is 4.99 Å². The van der Waals surface area contributed by atoms with Crippen molar-refractivity contribution in [3.8, 4) is 5.75 Å². The van der Waals surface area contributed by atoms with Crippen LogP contribution in [0.1, 0.15) is 6.92 Å². The van der Waals surface area contributed by atoms with Crippen molar-refractivity contribution in [2.45, 2.75) is 6.92 Å². The van der Waals surface area contributed by atoms with Crippen molar-refractivity contribution in [2.75, 3.05) is 40.0 Å². The van der Waals surface area contributed by atoms with E-state index in [9.17, 15) is 0 Å². The van der Waals surface area contributed by atoms with E-state index in [1.54, 1.807) is 7.11 Å². The van der Waals surface area contributed by atoms with Crippen LogP contribution in [0.5, 0.6) is 5.75 Å². The SMILES string of the molecule is CCNC(=NCCOC)NCCOc1cccc(Br)c1.I. The maximum atomic E-state index is 5.64. The summed E-state index contributed by atoms with van der Waals surface area (Å²) in [5.41, 5.74) is 0. The largest absolute Gasteiger partial charge is 0.492 e. The van der Waals surface area contributed by atoms with Gasteiger partial charge in [-0.15, -0.1) is 24.0 Å². The molecule has 0 saturated heterocycles. The first-order valence-corrected chi connectivity index (χ1v) is 7.45. The third-order valence-electron chi connectivity index (χ3n) is 2.37. The third kappa shape index (κ3) is 9.92. The fourth-order valence-electron chi connectivity index (χ4n) is 1.49. The lowest BCUT2D eigenvalue weighted by molar-refractivity contribution is 0.208. The molecule has 21 heavy (non-hydrogen) atoms. The first-order chi connectivity index (χ1) is 9.76. The Morgan fingerprint density at radius 2 is 2.10 bits per heavy atom. The highest BCUT2D eigenvalue weighted by Gasteiger charge is 1.98. The molecule has 1 aromatic rings. The Morgan fingerprint density at radius 1 is 1.29 bits per heavy atom. The topological polar surface area (TPSA) is 54.9 Å². The zero-order valence-corrected chi connectivity index (χ0v) is 16.3. The zero-order valence-electron chi connectivity index (χ0n) is 12.4. The molecule has 0 aliphatic carbocycles. The van der Waals surface area contributed by atoms with Gasteiger partial charge in [0.1, 0.15) is 12.4 Å². The van der Waals surface area contributed by atoms with Crippen LogP contribution in [-0.2, 0) is 4.74 Å². The fraction of sp³-hybridized carbons (Fsp3) is 0.500. The van der Waals surface area contributed by atoms with Gasteiger partial charge >= 0.3 is 0 Å². The predicted octanol–water partition coefficient (Wildman–Crippen LogP) is 2.65. The quantitative estimate of drug-likeness (QED) is 0.265. The Morgan fingerprint density at radius 3 is 2.76 bits per heavy atom. The van der Waals surface area contributed by atoms with E-state index in [1.807, 2.05) is 31.2 Å². The lowest BCUT2D eigenvalue weighted by atomic mass is 10.3. The number of hydrogen-bond acceptors (Lipinski definition) is 3. The van der Waals surface area contributed by atoms with Crippen LogP contribution in [0.25, 0.3) is 0 Å². The molecule has 1 rings (SSSR count). The number of rotatable bonds is 8. The van der Waals surface area contributed by atoms with Gasteiger partial charge in [-0.05, 0) is 25.1 Å². The molecule has 0 radical (unpaired) electrons. The van der Waals surface area contributed by atoms with Crippen molar-refractivity contribution in [2.24, 2.45) is 4.99 Å². The minimum absolute atomic E-state index is 0. The third-order valence-corrected chi connectivity index (χ3v) is 2.86. The highest BCUT2D eigenvalue weighted by atomic mass is 127. The molecule has 2 N–H and O–H groups in total. The first-order valence-electron chi connectivity index (χ1n) is 6.65. The predicted molar refractivity (Wildman–Crippen MR) is 101 cm³/mol. The van der Waals surface area contributed by atoms with E-state index < -0.39 is 0 Å². The number of aliphatic imine (C=N–C) groups is 1. The van der Waals surface area contributed by atoms with Crippen LogP contribution in [0, 0.1) is 0 Å². The Balaban J connectivity index is 0.00000400. The van der Waals surface area contributed by atoms with Gasteiger partial charge in [-0.2, -0.15) is 0 Å². The Labute approximate surface area is 152 Å². The average molecular weight is 472 g/mol. The molecule has 0 spiro atoms. The summed E-state index contributed by atoms with van der Waals surface area (Å²) < 4.78 is 11.6. The lowest BCUT2D eigenvalue weighted by Gasteiger charge is -2.12. The van der Waals surface area contributed by atoms with Gasteiger partial charge in [-0.25, -0.2) is 0 Å². The number of nitrogens with zero attached hydrogens (tertiary/aromatic N) is 1. The van der Waals surface area contributed by atoms with E-state index in [-0.39, 0.29) is 24.0 Å². The number of nitrogens with one attached hydrogen (secondary N) is 2. The van der Waals surface area contributed by atoms with Gasteiger partial charge in [0.25, 0.3) is 0 Å². The van der Waals surface area contributed by atoms with Gasteiger partial charge in [-0.1, -0.05) is 22.0 Å². The molecular formula is C14H23BrIN3O2. The van der Waals surface area contributed by atoms with Crippen LogP contribution in [0.3, 0.4) is 0 Å². The van der Waals surface area contributed by atoms with E-state index in [0.29, 0.717) is 26.3 Å². The zero-order chi connectivity index (χ0) is 14.6.